The molecule has 0 unspecified atom stereocenters. The number of carbonyl (C=O) groups excluding carboxylic acids is 1. The van der Waals surface area contributed by atoms with E-state index >= 15 is 0 Å². The van der Waals surface area contributed by atoms with Crippen LogP contribution in [0.1, 0.15) is 27.0 Å². The summed E-state index contributed by atoms with van der Waals surface area (Å²) in [6.07, 6.45) is -4.48. The SMILES string of the molecule is Cc1cc(Cl)ccc1C(=O)Cc1cccc(C(F)(F)F)c1. The molecule has 0 atom stereocenters. The van der Waals surface area contributed by atoms with E-state index in [0.29, 0.717) is 21.7 Å². The highest BCUT2D eigenvalue weighted by Crippen LogP contribution is 2.29. The Morgan fingerprint density at radius 1 is 1.14 bits per heavy atom. The molecule has 2 rings (SSSR count). The maximum atomic E-state index is 12.6. The molecule has 0 bridgehead atoms. The van der Waals surface area contributed by atoms with E-state index in [-0.39, 0.29) is 12.2 Å². The largest absolute Gasteiger partial charge is 0.416 e. The lowest BCUT2D eigenvalue weighted by Gasteiger charge is -2.09. The molecule has 0 saturated carbocycles. The minimum atomic E-state index is -4.41. The Bertz CT molecular complexity index is 677. The Morgan fingerprint density at radius 3 is 2.48 bits per heavy atom. The molecule has 21 heavy (non-hydrogen) atoms. The summed E-state index contributed by atoms with van der Waals surface area (Å²) in [5, 5.41) is 0.517. The number of hydrogen-bond acceptors (Lipinski definition) is 1. The van der Waals surface area contributed by atoms with Crippen molar-refractivity contribution >= 4 is 17.4 Å². The first-order valence-electron chi connectivity index (χ1n) is 6.23. The number of carbonyl (C=O) groups is 1. The number of benzene rings is 2. The van der Waals surface area contributed by atoms with Crippen molar-refractivity contribution in [3.05, 3.63) is 69.7 Å². The predicted molar refractivity (Wildman–Crippen MR) is 75.7 cm³/mol. The molecule has 0 aliphatic heterocycles. The first-order chi connectivity index (χ1) is 9.77. The molecular weight excluding hydrogens is 301 g/mol. The van der Waals surface area contributed by atoms with Crippen LogP contribution < -0.4 is 0 Å². The first-order valence-corrected chi connectivity index (χ1v) is 6.60. The van der Waals surface area contributed by atoms with Crippen molar-refractivity contribution in [2.75, 3.05) is 0 Å². The molecular formula is C16H12ClF3O. The third-order valence-electron chi connectivity index (χ3n) is 3.11. The lowest BCUT2D eigenvalue weighted by Crippen LogP contribution is -2.08. The van der Waals surface area contributed by atoms with Crippen LogP contribution in [0.15, 0.2) is 42.5 Å². The summed E-state index contributed by atoms with van der Waals surface area (Å²) in [6.45, 7) is 1.74. The molecule has 0 aliphatic rings. The molecule has 2 aromatic rings. The normalized spacial score (nSPS) is 11.5. The fourth-order valence-corrected chi connectivity index (χ4v) is 2.30. The smallest absolute Gasteiger partial charge is 0.294 e. The summed E-state index contributed by atoms with van der Waals surface area (Å²) in [7, 11) is 0. The Morgan fingerprint density at radius 2 is 1.86 bits per heavy atom. The quantitative estimate of drug-likeness (QED) is 0.721. The summed E-state index contributed by atoms with van der Waals surface area (Å²) in [5.41, 5.74) is 0.765. The fraction of sp³-hybridized carbons (Fsp3) is 0.188. The minimum absolute atomic E-state index is 0.0770. The van der Waals surface area contributed by atoms with Gasteiger partial charge in [-0.25, -0.2) is 0 Å². The van der Waals surface area contributed by atoms with Crippen LogP contribution in [0, 0.1) is 6.92 Å². The molecule has 0 fully saturated rings. The van der Waals surface area contributed by atoms with Gasteiger partial charge in [-0.15, -0.1) is 0 Å². The van der Waals surface area contributed by atoms with E-state index in [1.54, 1.807) is 25.1 Å². The number of rotatable bonds is 3. The molecule has 2 aromatic carbocycles. The van der Waals surface area contributed by atoms with E-state index in [1.165, 1.54) is 12.1 Å². The van der Waals surface area contributed by atoms with E-state index in [1.807, 2.05) is 0 Å². The van der Waals surface area contributed by atoms with Gasteiger partial charge in [0, 0.05) is 17.0 Å². The lowest BCUT2D eigenvalue weighted by atomic mass is 9.98. The second-order valence-corrected chi connectivity index (χ2v) is 5.19. The summed E-state index contributed by atoms with van der Waals surface area (Å²) in [4.78, 5) is 12.2. The number of ketones is 1. The van der Waals surface area contributed by atoms with E-state index in [4.69, 9.17) is 11.6 Å². The van der Waals surface area contributed by atoms with Crippen molar-refractivity contribution in [3.8, 4) is 0 Å². The molecule has 0 heterocycles. The minimum Gasteiger partial charge on any atom is -0.294 e. The van der Waals surface area contributed by atoms with Crippen LogP contribution in [0.25, 0.3) is 0 Å². The second kappa shape index (κ2) is 5.90. The van der Waals surface area contributed by atoms with Gasteiger partial charge in [-0.3, -0.25) is 4.79 Å². The van der Waals surface area contributed by atoms with Gasteiger partial charge in [0.15, 0.2) is 5.78 Å². The highest BCUT2D eigenvalue weighted by Gasteiger charge is 2.30. The van der Waals surface area contributed by atoms with Gasteiger partial charge >= 0.3 is 6.18 Å². The van der Waals surface area contributed by atoms with Crippen LogP contribution in [0.4, 0.5) is 13.2 Å². The second-order valence-electron chi connectivity index (χ2n) is 4.76. The number of alkyl halides is 3. The summed E-state index contributed by atoms with van der Waals surface area (Å²) >= 11 is 5.82. The molecule has 0 N–H and O–H groups in total. The van der Waals surface area contributed by atoms with Crippen molar-refractivity contribution in [1.82, 2.24) is 0 Å². The number of Topliss-reactive ketones (excluding diaryl/α,β-unsaturated/α-hetero) is 1. The zero-order valence-corrected chi connectivity index (χ0v) is 11.9. The fourth-order valence-electron chi connectivity index (χ4n) is 2.08. The van der Waals surface area contributed by atoms with Crippen molar-refractivity contribution in [1.29, 1.82) is 0 Å². The van der Waals surface area contributed by atoms with Gasteiger partial charge in [0.2, 0.25) is 0 Å². The molecule has 1 nitrogen and oxygen atoms in total. The third-order valence-corrected chi connectivity index (χ3v) is 3.34. The predicted octanol–water partition coefficient (Wildman–Crippen LogP) is 5.09. The van der Waals surface area contributed by atoms with Gasteiger partial charge in [0.25, 0.3) is 0 Å². The zero-order valence-electron chi connectivity index (χ0n) is 11.2. The zero-order chi connectivity index (χ0) is 15.6. The average Bonchev–Trinajstić information content (AvgIpc) is 2.37. The topological polar surface area (TPSA) is 17.1 Å². The van der Waals surface area contributed by atoms with E-state index in [0.717, 1.165) is 12.1 Å². The Kier molecular flexibility index (Phi) is 4.37. The van der Waals surface area contributed by atoms with Gasteiger partial charge in [-0.1, -0.05) is 29.8 Å². The maximum absolute atomic E-state index is 12.6. The lowest BCUT2D eigenvalue weighted by molar-refractivity contribution is -0.137. The maximum Gasteiger partial charge on any atom is 0.416 e. The molecule has 0 saturated heterocycles. The Balaban J connectivity index is 2.24. The average molecular weight is 313 g/mol. The molecule has 110 valence electrons. The van der Waals surface area contributed by atoms with Gasteiger partial charge in [-0.2, -0.15) is 13.2 Å². The first kappa shape index (κ1) is 15.6. The summed E-state index contributed by atoms with van der Waals surface area (Å²) in [5.74, 6) is -0.233. The molecule has 0 aliphatic carbocycles. The number of hydrogen-bond donors (Lipinski definition) is 0. The molecule has 5 heteroatoms. The number of aryl methyl sites for hydroxylation is 1. The standard InChI is InChI=1S/C16H12ClF3O/c1-10-7-13(17)5-6-14(10)15(21)9-11-3-2-4-12(8-11)16(18,19)20/h2-8H,9H2,1H3. The molecule has 0 spiro atoms. The van der Waals surface area contributed by atoms with Crippen molar-refractivity contribution in [2.24, 2.45) is 0 Å². The van der Waals surface area contributed by atoms with E-state index < -0.39 is 11.7 Å². The molecule has 0 radical (unpaired) electrons. The number of halogens is 4. The monoisotopic (exact) mass is 312 g/mol. The highest BCUT2D eigenvalue weighted by atomic mass is 35.5. The van der Waals surface area contributed by atoms with Crippen molar-refractivity contribution < 1.29 is 18.0 Å². The Hall–Kier alpha value is -1.81. The molecule has 0 aromatic heterocycles. The highest BCUT2D eigenvalue weighted by molar-refractivity contribution is 6.30. The van der Waals surface area contributed by atoms with Crippen LogP contribution in [0.3, 0.4) is 0 Å². The van der Waals surface area contributed by atoms with Gasteiger partial charge in [0.05, 0.1) is 5.56 Å². The van der Waals surface area contributed by atoms with Crippen LogP contribution in [0.2, 0.25) is 5.02 Å². The van der Waals surface area contributed by atoms with Crippen LogP contribution in [0.5, 0.6) is 0 Å². The summed E-state index contributed by atoms with van der Waals surface area (Å²) < 4.78 is 37.9. The van der Waals surface area contributed by atoms with E-state index in [9.17, 15) is 18.0 Å². The van der Waals surface area contributed by atoms with E-state index in [2.05, 4.69) is 0 Å². The van der Waals surface area contributed by atoms with Crippen molar-refractivity contribution in [3.63, 3.8) is 0 Å². The van der Waals surface area contributed by atoms with Crippen molar-refractivity contribution in [2.45, 2.75) is 19.5 Å². The van der Waals surface area contributed by atoms with Gasteiger partial charge in [-0.05, 0) is 42.3 Å². The summed E-state index contributed by atoms with van der Waals surface area (Å²) in [6, 6.07) is 9.64. The van der Waals surface area contributed by atoms with Crippen LogP contribution >= 0.6 is 11.6 Å². The van der Waals surface area contributed by atoms with Crippen LogP contribution in [-0.2, 0) is 12.6 Å². The van der Waals surface area contributed by atoms with Crippen LogP contribution in [-0.4, -0.2) is 5.78 Å². The molecule has 0 amide bonds. The van der Waals surface area contributed by atoms with Gasteiger partial charge in [0.1, 0.15) is 0 Å². The third kappa shape index (κ3) is 3.85. The van der Waals surface area contributed by atoms with Gasteiger partial charge < -0.3 is 0 Å². The Labute approximate surface area is 125 Å².